The SMILES string of the molecule is CCc1nn(-c2ccccc2)c2c1CN(C(=O)Nc1cccc(C)c1C)[C@@H](c1ccc(C)cc1)c1cccn1-2. The Morgan fingerprint density at radius 1 is 0.923 bits per heavy atom. The average molecular weight is 516 g/mol. The molecule has 1 atom stereocenters. The number of carbonyl (C=O) groups is 1. The van der Waals surface area contributed by atoms with Crippen LogP contribution < -0.4 is 5.32 Å². The second-order valence-electron chi connectivity index (χ2n) is 10.3. The molecule has 196 valence electrons. The average Bonchev–Trinajstić information content (AvgIpc) is 3.53. The highest BCUT2D eigenvalue weighted by Gasteiger charge is 2.36. The minimum Gasteiger partial charge on any atom is -0.308 e. The highest BCUT2D eigenvalue weighted by Crippen LogP contribution is 2.39. The third-order valence-electron chi connectivity index (χ3n) is 7.80. The fraction of sp³-hybridized carbons (Fsp3) is 0.212. The molecule has 0 radical (unpaired) electrons. The smallest absolute Gasteiger partial charge is 0.308 e. The summed E-state index contributed by atoms with van der Waals surface area (Å²) in [5, 5.41) is 8.29. The molecule has 39 heavy (non-hydrogen) atoms. The van der Waals surface area contributed by atoms with Crippen molar-refractivity contribution in [2.24, 2.45) is 0 Å². The molecule has 1 N–H and O–H groups in total. The van der Waals surface area contributed by atoms with Crippen LogP contribution in [0.3, 0.4) is 0 Å². The lowest BCUT2D eigenvalue weighted by Crippen LogP contribution is -2.38. The van der Waals surface area contributed by atoms with Crippen molar-refractivity contribution in [3.05, 3.63) is 130 Å². The highest BCUT2D eigenvalue weighted by molar-refractivity contribution is 5.91. The lowest BCUT2D eigenvalue weighted by Gasteiger charge is -2.31. The summed E-state index contributed by atoms with van der Waals surface area (Å²) in [5.74, 6) is 0.984. The first-order chi connectivity index (χ1) is 19.0. The number of carbonyl (C=O) groups excluding carboxylic acids is 1. The third kappa shape index (κ3) is 4.32. The number of rotatable bonds is 4. The molecule has 6 heteroatoms. The van der Waals surface area contributed by atoms with Crippen molar-refractivity contribution in [3.63, 3.8) is 0 Å². The van der Waals surface area contributed by atoms with E-state index < -0.39 is 0 Å². The molecule has 2 aromatic heterocycles. The molecule has 0 saturated carbocycles. The van der Waals surface area contributed by atoms with Gasteiger partial charge in [-0.25, -0.2) is 9.48 Å². The van der Waals surface area contributed by atoms with Gasteiger partial charge in [0.15, 0.2) is 0 Å². The van der Waals surface area contributed by atoms with Gasteiger partial charge in [-0.05, 0) is 74.2 Å². The Labute approximate surface area is 229 Å². The molecule has 0 fully saturated rings. The van der Waals surface area contributed by atoms with Crippen LogP contribution in [0.4, 0.5) is 10.5 Å². The topological polar surface area (TPSA) is 55.1 Å². The number of aryl methyl sites for hydroxylation is 3. The minimum absolute atomic E-state index is 0.135. The fourth-order valence-corrected chi connectivity index (χ4v) is 5.52. The second-order valence-corrected chi connectivity index (χ2v) is 10.3. The van der Waals surface area contributed by atoms with Crippen molar-refractivity contribution in [1.29, 1.82) is 0 Å². The Balaban J connectivity index is 1.55. The zero-order chi connectivity index (χ0) is 27.1. The minimum atomic E-state index is -0.285. The van der Waals surface area contributed by atoms with Gasteiger partial charge in [0.25, 0.3) is 0 Å². The van der Waals surface area contributed by atoms with Gasteiger partial charge in [0.1, 0.15) is 5.82 Å². The van der Waals surface area contributed by atoms with Crippen LogP contribution >= 0.6 is 0 Å². The predicted octanol–water partition coefficient (Wildman–Crippen LogP) is 7.29. The summed E-state index contributed by atoms with van der Waals surface area (Å²) in [5.41, 5.74) is 9.37. The zero-order valence-electron chi connectivity index (χ0n) is 22.8. The Bertz CT molecular complexity index is 1650. The van der Waals surface area contributed by atoms with Crippen LogP contribution in [0.1, 0.15) is 52.2 Å². The maximum Gasteiger partial charge on any atom is 0.322 e. The summed E-state index contributed by atoms with van der Waals surface area (Å²) in [6.07, 6.45) is 2.85. The lowest BCUT2D eigenvalue weighted by atomic mass is 10.0. The van der Waals surface area contributed by atoms with Crippen LogP contribution in [-0.2, 0) is 13.0 Å². The van der Waals surface area contributed by atoms with Gasteiger partial charge in [-0.2, -0.15) is 5.10 Å². The number of benzene rings is 3. The number of hydrogen-bond acceptors (Lipinski definition) is 2. The number of amides is 2. The molecule has 1 aliphatic heterocycles. The molecule has 0 aliphatic carbocycles. The predicted molar refractivity (Wildman–Crippen MR) is 156 cm³/mol. The number of nitrogens with one attached hydrogen (secondary N) is 1. The van der Waals surface area contributed by atoms with E-state index in [1.54, 1.807) is 0 Å². The first-order valence-electron chi connectivity index (χ1n) is 13.5. The lowest BCUT2D eigenvalue weighted by molar-refractivity contribution is 0.194. The van der Waals surface area contributed by atoms with Crippen LogP contribution in [0.2, 0.25) is 0 Å². The van der Waals surface area contributed by atoms with Gasteiger partial charge in [-0.3, -0.25) is 0 Å². The van der Waals surface area contributed by atoms with E-state index in [9.17, 15) is 4.79 Å². The van der Waals surface area contributed by atoms with E-state index >= 15 is 0 Å². The molecule has 0 spiro atoms. The Hall–Kier alpha value is -4.58. The monoisotopic (exact) mass is 515 g/mol. The maximum absolute atomic E-state index is 14.2. The van der Waals surface area contributed by atoms with Crippen LogP contribution in [-0.4, -0.2) is 25.3 Å². The molecular weight excluding hydrogens is 482 g/mol. The van der Waals surface area contributed by atoms with Crippen molar-refractivity contribution < 1.29 is 4.79 Å². The largest absolute Gasteiger partial charge is 0.322 e. The van der Waals surface area contributed by atoms with Crippen molar-refractivity contribution >= 4 is 11.7 Å². The first-order valence-corrected chi connectivity index (χ1v) is 13.5. The van der Waals surface area contributed by atoms with E-state index in [4.69, 9.17) is 5.10 Å². The van der Waals surface area contributed by atoms with Gasteiger partial charge in [-0.1, -0.05) is 67.1 Å². The van der Waals surface area contributed by atoms with E-state index in [2.05, 4.69) is 91.4 Å². The number of nitrogens with zero attached hydrogens (tertiary/aromatic N) is 4. The van der Waals surface area contributed by atoms with E-state index in [0.717, 1.165) is 57.3 Å². The Kier molecular flexibility index (Phi) is 6.31. The van der Waals surface area contributed by atoms with Crippen molar-refractivity contribution in [3.8, 4) is 11.5 Å². The van der Waals surface area contributed by atoms with Gasteiger partial charge in [0, 0.05) is 17.4 Å². The maximum atomic E-state index is 14.2. The quantitative estimate of drug-likeness (QED) is 0.273. The first kappa shape index (κ1) is 24.7. The van der Waals surface area contributed by atoms with E-state index in [0.29, 0.717) is 6.54 Å². The number of fused-ring (bicyclic) bond motifs is 3. The number of anilines is 1. The normalized spacial score (nSPS) is 14.5. The Morgan fingerprint density at radius 3 is 2.44 bits per heavy atom. The van der Waals surface area contributed by atoms with E-state index in [1.807, 2.05) is 46.8 Å². The summed E-state index contributed by atoms with van der Waals surface area (Å²) in [6.45, 7) is 8.76. The second kappa shape index (κ2) is 9.95. The van der Waals surface area contributed by atoms with Crippen LogP contribution in [0.15, 0.2) is 91.1 Å². The Morgan fingerprint density at radius 2 is 1.69 bits per heavy atom. The van der Waals surface area contributed by atoms with Crippen LogP contribution in [0, 0.1) is 20.8 Å². The van der Waals surface area contributed by atoms with Crippen molar-refractivity contribution in [2.45, 2.75) is 46.7 Å². The molecule has 0 bridgehead atoms. The zero-order valence-corrected chi connectivity index (χ0v) is 22.8. The molecule has 3 heterocycles. The standard InChI is InChI=1S/C33H33N5O/c1-5-28-27-21-37(33(39)34-29-14-9-11-23(3)24(29)4)31(25-18-16-22(2)17-19-25)30-15-10-20-36(30)32(27)38(35-28)26-12-7-6-8-13-26/h6-20,31H,5,21H2,1-4H3,(H,34,39)/t31-/m0/s1. The van der Waals surface area contributed by atoms with Gasteiger partial charge < -0.3 is 14.8 Å². The molecule has 2 amide bonds. The highest BCUT2D eigenvalue weighted by atomic mass is 16.2. The fourth-order valence-electron chi connectivity index (χ4n) is 5.52. The molecule has 5 aromatic rings. The van der Waals surface area contributed by atoms with Crippen LogP contribution in [0.5, 0.6) is 0 Å². The van der Waals surface area contributed by atoms with Gasteiger partial charge >= 0.3 is 6.03 Å². The molecular formula is C33H33N5O. The summed E-state index contributed by atoms with van der Waals surface area (Å²) in [6, 6.07) is 28.5. The van der Waals surface area contributed by atoms with Gasteiger partial charge in [-0.15, -0.1) is 0 Å². The number of urea groups is 1. The van der Waals surface area contributed by atoms with E-state index in [1.165, 1.54) is 5.56 Å². The number of hydrogen-bond donors (Lipinski definition) is 1. The molecule has 0 unspecified atom stereocenters. The third-order valence-corrected chi connectivity index (χ3v) is 7.80. The summed E-state index contributed by atoms with van der Waals surface area (Å²) in [7, 11) is 0. The molecule has 6 rings (SSSR count). The number of aromatic nitrogens is 3. The number of para-hydroxylation sites is 1. The van der Waals surface area contributed by atoms with Gasteiger partial charge in [0.05, 0.1) is 29.7 Å². The summed E-state index contributed by atoms with van der Waals surface area (Å²) < 4.78 is 4.24. The summed E-state index contributed by atoms with van der Waals surface area (Å²) in [4.78, 5) is 16.2. The van der Waals surface area contributed by atoms with Crippen molar-refractivity contribution in [1.82, 2.24) is 19.2 Å². The van der Waals surface area contributed by atoms with Crippen molar-refractivity contribution in [2.75, 3.05) is 5.32 Å². The van der Waals surface area contributed by atoms with E-state index in [-0.39, 0.29) is 12.1 Å². The molecule has 6 nitrogen and oxygen atoms in total. The van der Waals surface area contributed by atoms with Crippen LogP contribution in [0.25, 0.3) is 11.5 Å². The molecule has 3 aromatic carbocycles. The molecule has 1 aliphatic rings. The molecule has 0 saturated heterocycles. The summed E-state index contributed by atoms with van der Waals surface area (Å²) >= 11 is 0. The van der Waals surface area contributed by atoms with Gasteiger partial charge in [0.2, 0.25) is 0 Å².